The Morgan fingerprint density at radius 1 is 1.31 bits per heavy atom. The zero-order valence-corrected chi connectivity index (χ0v) is 14.2. The van der Waals surface area contributed by atoms with Crippen LogP contribution in [0.2, 0.25) is 0 Å². The molecule has 0 aliphatic heterocycles. The van der Waals surface area contributed by atoms with Crippen LogP contribution >= 0.6 is 11.3 Å². The van der Waals surface area contributed by atoms with Gasteiger partial charge in [-0.05, 0) is 18.2 Å². The molecule has 0 amide bonds. The Labute approximate surface area is 148 Å². The standard InChI is InChI=1S/C16H11F3N2O4S/c1-21-9(6-11(20-21)16(17,18)19)7-3-4-8-10(5-7)26-15(24)12(13(8)22)14(23)25-2/h3-6,22H,1-2H3. The van der Waals surface area contributed by atoms with Crippen LogP contribution in [0.4, 0.5) is 13.2 Å². The Bertz CT molecular complexity index is 1090. The van der Waals surface area contributed by atoms with Crippen molar-refractivity contribution in [3.05, 3.63) is 45.1 Å². The lowest BCUT2D eigenvalue weighted by Gasteiger charge is -2.07. The fraction of sp³-hybridized carbons (Fsp3) is 0.188. The second kappa shape index (κ2) is 6.13. The van der Waals surface area contributed by atoms with Crippen molar-refractivity contribution >= 4 is 27.4 Å². The number of esters is 1. The van der Waals surface area contributed by atoms with Gasteiger partial charge in [0.1, 0.15) is 5.75 Å². The van der Waals surface area contributed by atoms with Crippen LogP contribution in [0.5, 0.6) is 5.75 Å². The molecule has 0 aliphatic carbocycles. The maximum absolute atomic E-state index is 12.8. The summed E-state index contributed by atoms with van der Waals surface area (Å²) in [6, 6.07) is 5.24. The molecule has 0 saturated heterocycles. The van der Waals surface area contributed by atoms with Crippen LogP contribution in [-0.4, -0.2) is 28.0 Å². The van der Waals surface area contributed by atoms with Crippen molar-refractivity contribution in [2.24, 2.45) is 7.05 Å². The normalized spacial score (nSPS) is 11.7. The van der Waals surface area contributed by atoms with E-state index in [-0.39, 0.29) is 11.1 Å². The minimum absolute atomic E-state index is 0.190. The Hall–Kier alpha value is -2.88. The van der Waals surface area contributed by atoms with Crippen molar-refractivity contribution < 1.29 is 27.8 Å². The summed E-state index contributed by atoms with van der Waals surface area (Å²) in [6.45, 7) is 0. The van der Waals surface area contributed by atoms with Crippen LogP contribution in [-0.2, 0) is 18.0 Å². The highest BCUT2D eigenvalue weighted by molar-refractivity contribution is 7.16. The van der Waals surface area contributed by atoms with Crippen molar-refractivity contribution in [1.82, 2.24) is 9.78 Å². The van der Waals surface area contributed by atoms with Crippen molar-refractivity contribution in [3.63, 3.8) is 0 Å². The lowest BCUT2D eigenvalue weighted by molar-refractivity contribution is -0.141. The second-order valence-electron chi connectivity index (χ2n) is 5.35. The number of carbonyl (C=O) groups excluding carboxylic acids is 1. The van der Waals surface area contributed by atoms with Crippen molar-refractivity contribution in [1.29, 1.82) is 0 Å². The van der Waals surface area contributed by atoms with Gasteiger partial charge < -0.3 is 9.84 Å². The molecule has 0 spiro atoms. The predicted octanol–water partition coefficient (Wildman–Crippen LogP) is 3.17. The molecule has 0 unspecified atom stereocenters. The topological polar surface area (TPSA) is 81.4 Å². The van der Waals surface area contributed by atoms with Gasteiger partial charge in [-0.3, -0.25) is 9.48 Å². The van der Waals surface area contributed by atoms with E-state index in [1.807, 2.05) is 0 Å². The largest absolute Gasteiger partial charge is 0.506 e. The molecule has 136 valence electrons. The number of hydrogen-bond donors (Lipinski definition) is 1. The molecule has 3 rings (SSSR count). The molecule has 0 aliphatic rings. The van der Waals surface area contributed by atoms with Gasteiger partial charge in [0, 0.05) is 22.7 Å². The highest BCUT2D eigenvalue weighted by atomic mass is 32.1. The summed E-state index contributed by atoms with van der Waals surface area (Å²) in [7, 11) is 2.45. The molecule has 0 atom stereocenters. The molecule has 1 N–H and O–H groups in total. The zero-order valence-electron chi connectivity index (χ0n) is 13.4. The number of hydrogen-bond acceptors (Lipinski definition) is 6. The van der Waals surface area contributed by atoms with E-state index in [0.29, 0.717) is 21.6 Å². The van der Waals surface area contributed by atoms with Crippen LogP contribution in [0.1, 0.15) is 16.1 Å². The SMILES string of the molecule is COC(=O)c1c(O)c2ccc(-c3cc(C(F)(F)F)nn3C)cc2sc1=O. The van der Waals surface area contributed by atoms with Gasteiger partial charge in [0.2, 0.25) is 0 Å². The summed E-state index contributed by atoms with van der Waals surface area (Å²) in [5, 5.41) is 13.9. The predicted molar refractivity (Wildman–Crippen MR) is 88.3 cm³/mol. The van der Waals surface area contributed by atoms with E-state index in [0.717, 1.165) is 17.9 Å². The minimum atomic E-state index is -4.58. The third-order valence-corrected chi connectivity index (χ3v) is 4.68. The highest BCUT2D eigenvalue weighted by Crippen LogP contribution is 2.35. The molecule has 0 saturated carbocycles. The molecular weight excluding hydrogens is 373 g/mol. The van der Waals surface area contributed by atoms with Crippen molar-refractivity contribution in [2.45, 2.75) is 6.18 Å². The van der Waals surface area contributed by atoms with Gasteiger partial charge in [-0.2, -0.15) is 18.3 Å². The fourth-order valence-corrected chi connectivity index (χ4v) is 3.44. The van der Waals surface area contributed by atoms with Crippen LogP contribution < -0.4 is 4.74 Å². The first-order valence-electron chi connectivity index (χ1n) is 7.13. The first kappa shape index (κ1) is 17.9. The molecule has 6 nitrogen and oxygen atoms in total. The smallest absolute Gasteiger partial charge is 0.435 e. The Kier molecular flexibility index (Phi) is 4.23. The molecule has 0 fully saturated rings. The van der Waals surface area contributed by atoms with Gasteiger partial charge in [-0.1, -0.05) is 17.4 Å². The molecule has 3 aromatic rings. The van der Waals surface area contributed by atoms with Gasteiger partial charge in [0.25, 0.3) is 4.74 Å². The fourth-order valence-electron chi connectivity index (χ4n) is 2.50. The number of halogens is 3. The van der Waals surface area contributed by atoms with E-state index in [4.69, 9.17) is 0 Å². The zero-order chi connectivity index (χ0) is 19.2. The third kappa shape index (κ3) is 2.92. The number of aromatic nitrogens is 2. The number of methoxy groups -OCH3 is 1. The first-order chi connectivity index (χ1) is 12.1. The highest BCUT2D eigenvalue weighted by Gasteiger charge is 2.34. The van der Waals surface area contributed by atoms with E-state index >= 15 is 0 Å². The van der Waals surface area contributed by atoms with Crippen molar-refractivity contribution in [3.8, 4) is 17.0 Å². The van der Waals surface area contributed by atoms with E-state index in [2.05, 4.69) is 9.84 Å². The van der Waals surface area contributed by atoms with Gasteiger partial charge in [0.15, 0.2) is 11.3 Å². The molecule has 10 heteroatoms. The number of carbonyl (C=O) groups is 1. The van der Waals surface area contributed by atoms with Crippen LogP contribution in [0.15, 0.2) is 29.1 Å². The van der Waals surface area contributed by atoms with Crippen LogP contribution in [0.25, 0.3) is 21.3 Å². The second-order valence-corrected chi connectivity index (χ2v) is 6.37. The number of ether oxygens (including phenoxy) is 1. The lowest BCUT2D eigenvalue weighted by atomic mass is 10.1. The monoisotopic (exact) mass is 384 g/mol. The number of benzene rings is 1. The van der Waals surface area contributed by atoms with Crippen LogP contribution in [0, 0.1) is 0 Å². The molecule has 26 heavy (non-hydrogen) atoms. The number of nitrogens with zero attached hydrogens (tertiary/aromatic N) is 2. The third-order valence-electron chi connectivity index (χ3n) is 3.74. The molecule has 2 heterocycles. The molecule has 2 aromatic heterocycles. The lowest BCUT2D eigenvalue weighted by Crippen LogP contribution is -2.13. The average molecular weight is 384 g/mol. The van der Waals surface area contributed by atoms with Gasteiger partial charge in [-0.25, -0.2) is 4.79 Å². The summed E-state index contributed by atoms with van der Waals surface area (Å²) < 4.78 is 43.6. The quantitative estimate of drug-likeness (QED) is 0.687. The molecular formula is C16H11F3N2O4S. The van der Waals surface area contributed by atoms with E-state index < -0.39 is 33.9 Å². The summed E-state index contributed by atoms with van der Waals surface area (Å²) in [5.74, 6) is -1.49. The Balaban J connectivity index is 2.19. The summed E-state index contributed by atoms with van der Waals surface area (Å²) in [5.41, 5.74) is -0.941. The Morgan fingerprint density at radius 3 is 2.58 bits per heavy atom. The van der Waals surface area contributed by atoms with Gasteiger partial charge >= 0.3 is 12.1 Å². The maximum atomic E-state index is 12.8. The molecule has 0 radical (unpaired) electrons. The number of aromatic hydroxyl groups is 1. The number of aryl methyl sites for hydroxylation is 1. The molecule has 1 aromatic carbocycles. The van der Waals surface area contributed by atoms with E-state index in [1.54, 1.807) is 0 Å². The van der Waals surface area contributed by atoms with E-state index in [1.165, 1.54) is 25.2 Å². The Morgan fingerprint density at radius 2 is 2.00 bits per heavy atom. The van der Waals surface area contributed by atoms with Crippen LogP contribution in [0.3, 0.4) is 0 Å². The average Bonchev–Trinajstić information content (AvgIpc) is 2.96. The van der Waals surface area contributed by atoms with E-state index in [9.17, 15) is 27.9 Å². The number of fused-ring (bicyclic) bond motifs is 1. The summed E-state index contributed by atoms with van der Waals surface area (Å²) in [4.78, 5) is 23.7. The van der Waals surface area contributed by atoms with Gasteiger partial charge in [0.05, 0.1) is 12.8 Å². The summed E-state index contributed by atoms with van der Waals surface area (Å²) in [6.07, 6.45) is -4.58. The maximum Gasteiger partial charge on any atom is 0.435 e. The number of rotatable bonds is 2. The van der Waals surface area contributed by atoms with Gasteiger partial charge in [-0.15, -0.1) is 0 Å². The summed E-state index contributed by atoms with van der Waals surface area (Å²) >= 11 is 0.685. The van der Waals surface area contributed by atoms with Crippen molar-refractivity contribution in [2.75, 3.05) is 7.11 Å². The minimum Gasteiger partial charge on any atom is -0.506 e. The first-order valence-corrected chi connectivity index (χ1v) is 7.95. The number of alkyl halides is 3. The molecule has 0 bridgehead atoms.